The highest BCUT2D eigenvalue weighted by Crippen LogP contribution is 2.29. The Bertz CT molecular complexity index is 643. The van der Waals surface area contributed by atoms with Gasteiger partial charge in [0.1, 0.15) is 25.0 Å². The van der Waals surface area contributed by atoms with Crippen molar-refractivity contribution >= 4 is 23.6 Å². The van der Waals surface area contributed by atoms with Crippen LogP contribution in [0.15, 0.2) is 24.3 Å². The highest BCUT2D eigenvalue weighted by atomic mass is 32.2. The Hall–Kier alpha value is -2.33. The second-order valence-corrected chi connectivity index (χ2v) is 6.43. The fourth-order valence-corrected chi connectivity index (χ4v) is 3.49. The van der Waals surface area contributed by atoms with Crippen LogP contribution in [0.2, 0.25) is 0 Å². The van der Waals surface area contributed by atoms with Crippen molar-refractivity contribution in [2.75, 3.05) is 32.1 Å². The van der Waals surface area contributed by atoms with Gasteiger partial charge in [-0.15, -0.1) is 18.2 Å². The van der Waals surface area contributed by atoms with E-state index in [0.717, 1.165) is 5.75 Å². The zero-order valence-corrected chi connectivity index (χ0v) is 14.9. The van der Waals surface area contributed by atoms with Gasteiger partial charge in [-0.3, -0.25) is 9.59 Å². The fraction of sp³-hybridized carbons (Fsp3) is 0.444. The van der Waals surface area contributed by atoms with E-state index >= 15 is 0 Å². The first kappa shape index (κ1) is 19.0. The molecule has 0 N–H and O–H groups in total. The predicted octanol–water partition coefficient (Wildman–Crippen LogP) is 1.93. The number of benzene rings is 1. The van der Waals surface area contributed by atoms with Crippen LogP contribution in [0.1, 0.15) is 13.3 Å². The van der Waals surface area contributed by atoms with Crippen LogP contribution in [0.25, 0.3) is 0 Å². The summed E-state index contributed by atoms with van der Waals surface area (Å²) in [4.78, 5) is 25.4. The van der Waals surface area contributed by atoms with Crippen molar-refractivity contribution in [2.24, 2.45) is 0 Å². The van der Waals surface area contributed by atoms with Gasteiger partial charge in [-0.25, -0.2) is 0 Å². The number of terminal acetylenes is 1. The topological polar surface area (TPSA) is 65.1 Å². The Labute approximate surface area is 151 Å². The Kier molecular flexibility index (Phi) is 7.48. The third-order valence-electron chi connectivity index (χ3n) is 3.45. The zero-order chi connectivity index (χ0) is 18.1. The van der Waals surface area contributed by atoms with Crippen LogP contribution in [0.5, 0.6) is 11.5 Å². The zero-order valence-electron chi connectivity index (χ0n) is 14.1. The Balaban J connectivity index is 1.92. The molecule has 0 saturated carbocycles. The lowest BCUT2D eigenvalue weighted by Crippen LogP contribution is -2.39. The van der Waals surface area contributed by atoms with E-state index < -0.39 is 5.97 Å². The lowest BCUT2D eigenvalue weighted by molar-refractivity contribution is -0.148. The molecule has 1 aromatic carbocycles. The largest absolute Gasteiger partial charge is 0.487 e. The van der Waals surface area contributed by atoms with Gasteiger partial charge in [0.25, 0.3) is 0 Å². The van der Waals surface area contributed by atoms with Gasteiger partial charge in [0.2, 0.25) is 5.91 Å². The normalized spacial score (nSPS) is 16.2. The number of nitrogens with zero attached hydrogens (tertiary/aromatic N) is 1. The molecule has 0 aromatic heterocycles. The maximum absolute atomic E-state index is 12.3. The van der Waals surface area contributed by atoms with Gasteiger partial charge in [0, 0.05) is 12.3 Å². The van der Waals surface area contributed by atoms with Gasteiger partial charge in [-0.1, -0.05) is 18.1 Å². The van der Waals surface area contributed by atoms with E-state index in [9.17, 15) is 9.59 Å². The molecule has 0 unspecified atom stereocenters. The summed E-state index contributed by atoms with van der Waals surface area (Å²) in [5, 5.41) is -0.150. The standard InChI is InChI=1S/C18H21NO5S/c1-3-10-23-14-7-5-6-8-15(14)24-13-17-19(9-11-25-17)16(20)12-18(21)22-4-2/h1,5-8,17H,4,9-13H2,2H3/t17-/m0/s1. The molecule has 1 fully saturated rings. The quantitative estimate of drug-likeness (QED) is 0.399. The molecular formula is C18H21NO5S. The average Bonchev–Trinajstić information content (AvgIpc) is 3.07. The minimum Gasteiger partial charge on any atom is -0.487 e. The van der Waals surface area contributed by atoms with Crippen LogP contribution < -0.4 is 9.47 Å². The monoisotopic (exact) mass is 363 g/mol. The first-order chi connectivity index (χ1) is 12.2. The Morgan fingerprint density at radius 3 is 2.72 bits per heavy atom. The highest BCUT2D eigenvalue weighted by Gasteiger charge is 2.31. The SMILES string of the molecule is C#CCOc1ccccc1OC[C@@H]1SCCN1C(=O)CC(=O)OCC. The summed E-state index contributed by atoms with van der Waals surface area (Å²) < 4.78 is 16.1. The molecule has 25 heavy (non-hydrogen) atoms. The Morgan fingerprint density at radius 1 is 1.32 bits per heavy atom. The maximum atomic E-state index is 12.3. The number of ether oxygens (including phenoxy) is 3. The molecule has 2 rings (SSSR count). The van der Waals surface area contributed by atoms with E-state index in [1.165, 1.54) is 0 Å². The molecule has 1 atom stereocenters. The second kappa shape index (κ2) is 9.84. The minimum atomic E-state index is -0.503. The first-order valence-electron chi connectivity index (χ1n) is 8.00. The summed E-state index contributed by atoms with van der Waals surface area (Å²) in [6.45, 7) is 3.02. The van der Waals surface area contributed by atoms with Crippen LogP contribution in [0, 0.1) is 12.3 Å². The molecule has 1 aliphatic heterocycles. The molecule has 1 heterocycles. The van der Waals surface area contributed by atoms with Crippen molar-refractivity contribution in [1.82, 2.24) is 4.90 Å². The van der Waals surface area contributed by atoms with Gasteiger partial charge in [-0.05, 0) is 19.1 Å². The predicted molar refractivity (Wildman–Crippen MR) is 95.5 cm³/mol. The lowest BCUT2D eigenvalue weighted by Gasteiger charge is -2.24. The number of carbonyl (C=O) groups is 2. The lowest BCUT2D eigenvalue weighted by atomic mass is 10.3. The molecule has 1 aromatic rings. The van der Waals surface area contributed by atoms with Crippen LogP contribution >= 0.6 is 11.8 Å². The molecule has 7 heteroatoms. The molecule has 0 spiro atoms. The van der Waals surface area contributed by atoms with E-state index in [0.29, 0.717) is 24.7 Å². The molecule has 1 aliphatic rings. The molecular weight excluding hydrogens is 342 g/mol. The third-order valence-corrected chi connectivity index (χ3v) is 4.65. The van der Waals surface area contributed by atoms with Gasteiger partial charge in [-0.2, -0.15) is 0 Å². The minimum absolute atomic E-state index is 0.150. The highest BCUT2D eigenvalue weighted by molar-refractivity contribution is 8.00. The number of para-hydroxylation sites is 2. The van der Waals surface area contributed by atoms with E-state index in [2.05, 4.69) is 5.92 Å². The molecule has 0 bridgehead atoms. The summed E-state index contributed by atoms with van der Waals surface area (Å²) >= 11 is 1.62. The van der Waals surface area contributed by atoms with Gasteiger partial charge >= 0.3 is 5.97 Å². The van der Waals surface area contributed by atoms with E-state index in [1.54, 1.807) is 35.7 Å². The molecule has 134 valence electrons. The van der Waals surface area contributed by atoms with Crippen LogP contribution in [-0.4, -0.2) is 54.3 Å². The molecule has 1 amide bonds. The van der Waals surface area contributed by atoms with E-state index in [-0.39, 0.29) is 30.9 Å². The van der Waals surface area contributed by atoms with Crippen molar-refractivity contribution < 1.29 is 23.8 Å². The third kappa shape index (κ3) is 5.61. The van der Waals surface area contributed by atoms with Crippen LogP contribution in [0.4, 0.5) is 0 Å². The Morgan fingerprint density at radius 2 is 2.04 bits per heavy atom. The number of amides is 1. The number of esters is 1. The van der Waals surface area contributed by atoms with Gasteiger partial charge in [0.05, 0.1) is 6.61 Å². The summed E-state index contributed by atoms with van der Waals surface area (Å²) in [5.74, 6) is 3.61. The molecule has 1 saturated heterocycles. The van der Waals surface area contributed by atoms with E-state index in [4.69, 9.17) is 20.6 Å². The average molecular weight is 363 g/mol. The van der Waals surface area contributed by atoms with Crippen molar-refractivity contribution in [2.45, 2.75) is 18.7 Å². The second-order valence-electron chi connectivity index (χ2n) is 5.14. The van der Waals surface area contributed by atoms with Gasteiger partial charge in [0.15, 0.2) is 11.5 Å². The first-order valence-corrected chi connectivity index (χ1v) is 9.05. The number of carbonyl (C=O) groups excluding carboxylic acids is 2. The summed E-state index contributed by atoms with van der Waals surface area (Å²) in [5.41, 5.74) is 0. The van der Waals surface area contributed by atoms with Crippen molar-refractivity contribution in [3.63, 3.8) is 0 Å². The van der Waals surface area contributed by atoms with Gasteiger partial charge < -0.3 is 19.1 Å². The smallest absolute Gasteiger partial charge is 0.315 e. The van der Waals surface area contributed by atoms with Crippen molar-refractivity contribution in [3.8, 4) is 23.8 Å². The summed E-state index contributed by atoms with van der Waals surface area (Å²) in [7, 11) is 0. The number of hydrogen-bond donors (Lipinski definition) is 0. The molecule has 0 radical (unpaired) electrons. The van der Waals surface area contributed by atoms with Crippen molar-refractivity contribution in [3.05, 3.63) is 24.3 Å². The number of hydrogen-bond acceptors (Lipinski definition) is 6. The van der Waals surface area contributed by atoms with Crippen LogP contribution in [-0.2, 0) is 14.3 Å². The van der Waals surface area contributed by atoms with Crippen molar-refractivity contribution in [1.29, 1.82) is 0 Å². The number of thioether (sulfide) groups is 1. The summed E-state index contributed by atoms with van der Waals surface area (Å²) in [6.07, 6.45) is 4.97. The fourth-order valence-electron chi connectivity index (χ4n) is 2.35. The van der Waals surface area contributed by atoms with Crippen LogP contribution in [0.3, 0.4) is 0 Å². The molecule has 0 aliphatic carbocycles. The van der Waals surface area contributed by atoms with E-state index in [1.807, 2.05) is 12.1 Å². The number of rotatable bonds is 8. The maximum Gasteiger partial charge on any atom is 0.315 e. The summed E-state index contributed by atoms with van der Waals surface area (Å²) in [6, 6.07) is 7.23. The molecule has 6 nitrogen and oxygen atoms in total.